The Kier molecular flexibility index (Phi) is 5.51. The molecule has 2 heterocycles. The molecule has 142 valence electrons. The van der Waals surface area contributed by atoms with Gasteiger partial charge in [-0.25, -0.2) is 36.3 Å². The van der Waals surface area contributed by atoms with Crippen LogP contribution >= 0.6 is 0 Å². The first-order valence-electron chi connectivity index (χ1n) is 7.67. The summed E-state index contributed by atoms with van der Waals surface area (Å²) in [6, 6.07) is 3.22. The largest absolute Gasteiger partial charge is 0.425 e. The molecule has 0 radical (unpaired) electrons. The van der Waals surface area contributed by atoms with Crippen molar-refractivity contribution < 1.29 is 30.8 Å². The summed E-state index contributed by atoms with van der Waals surface area (Å²) in [4.78, 5) is 20.2. The van der Waals surface area contributed by atoms with Crippen LogP contribution < -0.4 is 4.72 Å². The van der Waals surface area contributed by atoms with E-state index in [1.807, 2.05) is 0 Å². The minimum atomic E-state index is -2.81. The van der Waals surface area contributed by atoms with Crippen LogP contribution in [0.25, 0.3) is 11.2 Å². The van der Waals surface area contributed by atoms with Crippen LogP contribution in [0.1, 0.15) is 28.0 Å². The van der Waals surface area contributed by atoms with E-state index >= 15 is 0 Å². The number of thiol groups is 1. The summed E-state index contributed by atoms with van der Waals surface area (Å²) in [6.45, 7) is -0.00979. The quantitative estimate of drug-likeness (QED) is 0.272. The van der Waals surface area contributed by atoms with Gasteiger partial charge in [-0.15, -0.1) is 0 Å². The number of aromatic nitrogens is 2. The number of carbonyl (C=O) groups excluding carboxylic acids is 1. The van der Waals surface area contributed by atoms with Crippen LogP contribution in [0.3, 0.4) is 0 Å². The van der Waals surface area contributed by atoms with E-state index in [2.05, 4.69) is 14.7 Å². The summed E-state index contributed by atoms with van der Waals surface area (Å²) in [7, 11) is -2.81. The summed E-state index contributed by atoms with van der Waals surface area (Å²) in [5.74, 6) is -5.38. The highest BCUT2D eigenvalue weighted by atomic mass is 32.2. The second-order valence-corrected chi connectivity index (χ2v) is 6.32. The highest BCUT2D eigenvalue weighted by Crippen LogP contribution is 2.24. The van der Waals surface area contributed by atoms with E-state index in [0.29, 0.717) is 11.6 Å². The summed E-state index contributed by atoms with van der Waals surface area (Å²) < 4.78 is 70.6. The maximum Gasteiger partial charge on any atom is 0.247 e. The Bertz CT molecular complexity index is 1090. The second-order valence-electron chi connectivity index (χ2n) is 5.49. The van der Waals surface area contributed by atoms with E-state index in [9.17, 15) is 26.4 Å². The maximum atomic E-state index is 14.7. The van der Waals surface area contributed by atoms with Crippen LogP contribution in [0.15, 0.2) is 29.0 Å². The van der Waals surface area contributed by atoms with Gasteiger partial charge in [0.2, 0.25) is 22.4 Å². The Morgan fingerprint density at radius 2 is 1.96 bits per heavy atom. The second kappa shape index (κ2) is 7.84. The molecule has 3 aromatic rings. The Labute approximate surface area is 152 Å². The molecule has 0 bridgehead atoms. The Balaban J connectivity index is 1.94. The van der Waals surface area contributed by atoms with E-state index in [-0.39, 0.29) is 36.4 Å². The van der Waals surface area contributed by atoms with Gasteiger partial charge in [0.15, 0.2) is 18.0 Å². The average molecular weight is 399 g/mol. The molecule has 27 heavy (non-hydrogen) atoms. The van der Waals surface area contributed by atoms with E-state index in [1.54, 1.807) is 0 Å². The van der Waals surface area contributed by atoms with E-state index < -0.39 is 39.7 Å². The number of nitrogens with zero attached hydrogens (tertiary/aromatic N) is 2. The smallest absolute Gasteiger partial charge is 0.247 e. The predicted octanol–water partition coefficient (Wildman–Crippen LogP) is 1.92. The van der Waals surface area contributed by atoms with E-state index in [0.717, 1.165) is 6.39 Å². The van der Waals surface area contributed by atoms with E-state index in [4.69, 9.17) is 4.42 Å². The van der Waals surface area contributed by atoms with Crippen molar-refractivity contribution in [1.82, 2.24) is 14.7 Å². The Morgan fingerprint density at radius 3 is 2.70 bits per heavy atom. The first kappa shape index (κ1) is 19.0. The molecule has 0 aliphatic heterocycles. The number of oxazole rings is 1. The molecule has 0 spiro atoms. The molecule has 0 unspecified atom stereocenters. The third-order valence-electron chi connectivity index (χ3n) is 3.75. The summed E-state index contributed by atoms with van der Waals surface area (Å²) in [5, 5.41) is 0. The molecule has 1 aromatic carbocycles. The lowest BCUT2D eigenvalue weighted by Gasteiger charge is -2.10. The van der Waals surface area contributed by atoms with Gasteiger partial charge in [-0.1, -0.05) is 0 Å². The van der Waals surface area contributed by atoms with Crippen LogP contribution in [0.2, 0.25) is 0 Å². The zero-order chi connectivity index (χ0) is 19.6. The topological polar surface area (TPSA) is 102 Å². The molecular weight excluding hydrogens is 387 g/mol. The number of hydrogen-bond donors (Lipinski definition) is 2. The number of nitrogens with one attached hydrogen (secondary N) is 1. The molecule has 0 saturated carbocycles. The van der Waals surface area contributed by atoms with Gasteiger partial charge in [0, 0.05) is 6.54 Å². The first-order chi connectivity index (χ1) is 12.9. The fourth-order valence-corrected chi connectivity index (χ4v) is 2.83. The minimum absolute atomic E-state index is 0.00362. The fourth-order valence-electron chi connectivity index (χ4n) is 2.49. The molecule has 0 saturated heterocycles. The number of ketones is 1. The number of hydrogen-bond acceptors (Lipinski definition) is 6. The molecular formula is C16H12F3N3O4S. The average Bonchev–Trinajstić information content (AvgIpc) is 3.10. The number of aryl methyl sites for hydroxylation is 1. The number of pyridine rings is 1. The number of fused-ring (bicyclic) bond motifs is 1. The zero-order valence-electron chi connectivity index (χ0n) is 13.5. The monoisotopic (exact) mass is 399 g/mol. The molecule has 7 nitrogen and oxygen atoms in total. The molecule has 1 N–H and O–H groups in total. The van der Waals surface area contributed by atoms with Crippen molar-refractivity contribution >= 4 is 27.9 Å². The molecule has 0 fully saturated rings. The summed E-state index contributed by atoms with van der Waals surface area (Å²) in [6.07, 6.45) is 1.12. The zero-order valence-corrected chi connectivity index (χ0v) is 14.4. The Hall–Kier alpha value is -2.79. The van der Waals surface area contributed by atoms with Crippen LogP contribution in [0, 0.1) is 17.5 Å². The molecule has 11 heteroatoms. The molecule has 2 aromatic heterocycles. The summed E-state index contributed by atoms with van der Waals surface area (Å²) >= 11 is 0. The van der Waals surface area contributed by atoms with Gasteiger partial charge in [-0.05, 0) is 36.6 Å². The molecule has 0 amide bonds. The van der Waals surface area contributed by atoms with Gasteiger partial charge in [0.05, 0.1) is 5.56 Å². The molecule has 0 aliphatic rings. The van der Waals surface area contributed by atoms with Crippen molar-refractivity contribution in [2.45, 2.75) is 12.8 Å². The van der Waals surface area contributed by atoms with Crippen molar-refractivity contribution in [3.8, 4) is 0 Å². The lowest BCUT2D eigenvalue weighted by molar-refractivity contribution is 0.102. The van der Waals surface area contributed by atoms with Gasteiger partial charge >= 0.3 is 0 Å². The van der Waals surface area contributed by atoms with Crippen molar-refractivity contribution in [2.75, 3.05) is 6.54 Å². The van der Waals surface area contributed by atoms with Gasteiger partial charge < -0.3 is 4.42 Å². The SMILES string of the molecule is O=C(c1ccc2ncoc2n1)c1c(F)c(F)cc(CCCN[SH](=O)=O)c1F. The van der Waals surface area contributed by atoms with Crippen LogP contribution in [0.5, 0.6) is 0 Å². The number of rotatable bonds is 7. The summed E-state index contributed by atoms with van der Waals surface area (Å²) in [5.41, 5.74) is -1.31. The van der Waals surface area contributed by atoms with Crippen molar-refractivity contribution in [1.29, 1.82) is 0 Å². The molecule has 0 aliphatic carbocycles. The predicted molar refractivity (Wildman–Crippen MR) is 88.2 cm³/mol. The van der Waals surface area contributed by atoms with Crippen LogP contribution in [-0.4, -0.2) is 30.7 Å². The highest BCUT2D eigenvalue weighted by molar-refractivity contribution is 7.70. The minimum Gasteiger partial charge on any atom is -0.425 e. The molecule has 3 rings (SSSR count). The van der Waals surface area contributed by atoms with Gasteiger partial charge in [-0.2, -0.15) is 0 Å². The Morgan fingerprint density at radius 1 is 1.19 bits per heavy atom. The lowest BCUT2D eigenvalue weighted by atomic mass is 9.99. The third kappa shape index (κ3) is 3.98. The number of benzene rings is 1. The van der Waals surface area contributed by atoms with Gasteiger partial charge in [0.25, 0.3) is 0 Å². The fraction of sp³-hybridized carbons (Fsp3) is 0.188. The molecule has 0 atom stereocenters. The normalized spacial score (nSPS) is 11.4. The van der Waals surface area contributed by atoms with Gasteiger partial charge in [-0.3, -0.25) is 4.79 Å². The van der Waals surface area contributed by atoms with Gasteiger partial charge in [0.1, 0.15) is 17.0 Å². The first-order valence-corrected chi connectivity index (χ1v) is 8.85. The standard InChI is InChI=1S/C16H12F3N3O4S/c17-9-6-8(2-1-5-21-27(24)25)13(18)12(14(9)19)15(23)10-3-4-11-16(22-10)26-7-20-11/h3-4,6-7,27H,1-2,5H2,(H,21,24,25). The number of carbonyl (C=O) groups is 1. The highest BCUT2D eigenvalue weighted by Gasteiger charge is 2.26. The third-order valence-corrected chi connectivity index (χ3v) is 4.23. The van der Waals surface area contributed by atoms with Crippen LogP contribution in [-0.2, 0) is 17.3 Å². The number of halogens is 3. The van der Waals surface area contributed by atoms with Crippen molar-refractivity contribution in [3.63, 3.8) is 0 Å². The van der Waals surface area contributed by atoms with E-state index in [1.165, 1.54) is 12.1 Å². The van der Waals surface area contributed by atoms with Crippen LogP contribution in [0.4, 0.5) is 13.2 Å². The maximum absolute atomic E-state index is 14.7. The van der Waals surface area contributed by atoms with Crippen molar-refractivity contribution in [2.24, 2.45) is 0 Å². The van der Waals surface area contributed by atoms with Crippen molar-refractivity contribution in [3.05, 3.63) is 58.9 Å². The lowest BCUT2D eigenvalue weighted by Crippen LogP contribution is -2.15.